The van der Waals surface area contributed by atoms with Gasteiger partial charge in [0.2, 0.25) is 0 Å². The third kappa shape index (κ3) is 5.12. The Labute approximate surface area is 156 Å². The van der Waals surface area contributed by atoms with E-state index in [9.17, 15) is 0 Å². The number of aromatic nitrogens is 2. The van der Waals surface area contributed by atoms with E-state index in [1.165, 1.54) is 11.3 Å². The summed E-state index contributed by atoms with van der Waals surface area (Å²) in [5.74, 6) is 1.62. The van der Waals surface area contributed by atoms with Gasteiger partial charge in [0.25, 0.3) is 0 Å². The number of aryl methyl sites for hydroxylation is 2. The van der Waals surface area contributed by atoms with Crippen LogP contribution in [0.3, 0.4) is 0 Å². The van der Waals surface area contributed by atoms with E-state index in [1.54, 1.807) is 13.1 Å². The Hall–Kier alpha value is -2.76. The SMILES string of the molecule is C=CCOc1ccccc1CNC(=NC)NCCc1c(C)nn(C)c1C. The van der Waals surface area contributed by atoms with Crippen LogP contribution in [0.4, 0.5) is 0 Å². The highest BCUT2D eigenvalue weighted by molar-refractivity contribution is 5.79. The number of guanidine groups is 1. The molecule has 6 nitrogen and oxygen atoms in total. The summed E-state index contributed by atoms with van der Waals surface area (Å²) in [5.41, 5.74) is 4.67. The highest BCUT2D eigenvalue weighted by Gasteiger charge is 2.09. The monoisotopic (exact) mass is 355 g/mol. The van der Waals surface area contributed by atoms with Gasteiger partial charge in [0.1, 0.15) is 12.4 Å². The molecule has 0 amide bonds. The van der Waals surface area contributed by atoms with E-state index in [4.69, 9.17) is 4.74 Å². The van der Waals surface area contributed by atoms with Gasteiger partial charge < -0.3 is 15.4 Å². The van der Waals surface area contributed by atoms with Crippen LogP contribution in [0, 0.1) is 13.8 Å². The average molecular weight is 355 g/mol. The molecule has 0 radical (unpaired) electrons. The van der Waals surface area contributed by atoms with Gasteiger partial charge in [-0.3, -0.25) is 9.67 Å². The molecule has 0 unspecified atom stereocenters. The van der Waals surface area contributed by atoms with E-state index in [1.807, 2.05) is 36.0 Å². The Balaban J connectivity index is 1.87. The summed E-state index contributed by atoms with van der Waals surface area (Å²) >= 11 is 0. The van der Waals surface area contributed by atoms with Crippen molar-refractivity contribution in [3.8, 4) is 5.75 Å². The Morgan fingerprint density at radius 3 is 2.73 bits per heavy atom. The third-order valence-corrected chi connectivity index (χ3v) is 4.33. The number of para-hydroxylation sites is 1. The van der Waals surface area contributed by atoms with Gasteiger partial charge in [0.15, 0.2) is 5.96 Å². The highest BCUT2D eigenvalue weighted by Crippen LogP contribution is 2.17. The molecule has 0 aliphatic carbocycles. The van der Waals surface area contributed by atoms with Gasteiger partial charge in [-0.05, 0) is 31.9 Å². The molecule has 0 aliphatic rings. The molecule has 1 heterocycles. The van der Waals surface area contributed by atoms with Crippen molar-refractivity contribution in [3.63, 3.8) is 0 Å². The number of hydrogen-bond acceptors (Lipinski definition) is 3. The van der Waals surface area contributed by atoms with Crippen molar-refractivity contribution in [2.45, 2.75) is 26.8 Å². The Morgan fingerprint density at radius 1 is 1.31 bits per heavy atom. The maximum absolute atomic E-state index is 5.69. The van der Waals surface area contributed by atoms with Crippen molar-refractivity contribution in [1.82, 2.24) is 20.4 Å². The van der Waals surface area contributed by atoms with Crippen molar-refractivity contribution in [3.05, 3.63) is 59.4 Å². The van der Waals surface area contributed by atoms with Crippen molar-refractivity contribution in [2.24, 2.45) is 12.0 Å². The van der Waals surface area contributed by atoms with E-state index in [-0.39, 0.29) is 0 Å². The molecule has 6 heteroatoms. The molecule has 2 N–H and O–H groups in total. The first-order chi connectivity index (χ1) is 12.6. The maximum atomic E-state index is 5.69. The van der Waals surface area contributed by atoms with Crippen molar-refractivity contribution < 1.29 is 4.74 Å². The average Bonchev–Trinajstić information content (AvgIpc) is 2.89. The number of nitrogens with zero attached hydrogens (tertiary/aromatic N) is 3. The Bertz CT molecular complexity index is 764. The lowest BCUT2D eigenvalue weighted by molar-refractivity contribution is 0.358. The number of benzene rings is 1. The van der Waals surface area contributed by atoms with Gasteiger partial charge in [-0.2, -0.15) is 5.10 Å². The normalized spacial score (nSPS) is 11.3. The van der Waals surface area contributed by atoms with E-state index < -0.39 is 0 Å². The second-order valence-electron chi connectivity index (χ2n) is 6.08. The molecular formula is C20H29N5O. The molecule has 2 aromatic rings. The second kappa shape index (κ2) is 9.65. The molecule has 0 fully saturated rings. The lowest BCUT2D eigenvalue weighted by atomic mass is 10.1. The zero-order valence-corrected chi connectivity index (χ0v) is 16.2. The minimum Gasteiger partial charge on any atom is -0.489 e. The van der Waals surface area contributed by atoms with Crippen LogP contribution in [0.25, 0.3) is 0 Å². The standard InChI is InChI=1S/C20H29N5O/c1-6-13-26-19-10-8-7-9-17(19)14-23-20(21-4)22-12-11-18-15(2)24-25(5)16(18)3/h6-10H,1,11-14H2,2-5H3,(H2,21,22,23). The van der Waals surface area contributed by atoms with Crippen molar-refractivity contribution >= 4 is 5.96 Å². The summed E-state index contributed by atoms with van der Waals surface area (Å²) in [4.78, 5) is 4.29. The molecule has 0 atom stereocenters. The summed E-state index contributed by atoms with van der Waals surface area (Å²) < 4.78 is 7.62. The molecule has 140 valence electrons. The molecule has 1 aromatic heterocycles. The summed E-state index contributed by atoms with van der Waals surface area (Å²) in [6, 6.07) is 7.97. The van der Waals surface area contributed by atoms with Crippen LogP contribution >= 0.6 is 0 Å². The van der Waals surface area contributed by atoms with E-state index in [0.717, 1.165) is 35.9 Å². The van der Waals surface area contributed by atoms with Gasteiger partial charge in [-0.25, -0.2) is 0 Å². The van der Waals surface area contributed by atoms with E-state index in [0.29, 0.717) is 13.2 Å². The number of nitrogens with one attached hydrogen (secondary N) is 2. The van der Waals surface area contributed by atoms with Gasteiger partial charge >= 0.3 is 0 Å². The highest BCUT2D eigenvalue weighted by atomic mass is 16.5. The molecular weight excluding hydrogens is 326 g/mol. The van der Waals surface area contributed by atoms with E-state index >= 15 is 0 Å². The fraction of sp³-hybridized carbons (Fsp3) is 0.400. The first-order valence-corrected chi connectivity index (χ1v) is 8.82. The minimum atomic E-state index is 0.494. The fourth-order valence-corrected chi connectivity index (χ4v) is 2.82. The van der Waals surface area contributed by atoms with Crippen LogP contribution in [0.15, 0.2) is 41.9 Å². The van der Waals surface area contributed by atoms with Crippen LogP contribution < -0.4 is 15.4 Å². The van der Waals surface area contributed by atoms with Gasteiger partial charge in [-0.1, -0.05) is 30.9 Å². The van der Waals surface area contributed by atoms with Crippen LogP contribution in [0.5, 0.6) is 5.75 Å². The number of hydrogen-bond donors (Lipinski definition) is 2. The first kappa shape index (κ1) is 19.6. The molecule has 26 heavy (non-hydrogen) atoms. The summed E-state index contributed by atoms with van der Waals surface area (Å²) in [6.45, 7) is 9.76. The van der Waals surface area contributed by atoms with E-state index in [2.05, 4.69) is 41.2 Å². The third-order valence-electron chi connectivity index (χ3n) is 4.33. The maximum Gasteiger partial charge on any atom is 0.191 e. The molecule has 0 saturated heterocycles. The number of ether oxygens (including phenoxy) is 1. The topological polar surface area (TPSA) is 63.5 Å². The first-order valence-electron chi connectivity index (χ1n) is 8.82. The van der Waals surface area contributed by atoms with Gasteiger partial charge in [0, 0.05) is 38.4 Å². The van der Waals surface area contributed by atoms with Crippen LogP contribution in [0.2, 0.25) is 0 Å². The second-order valence-corrected chi connectivity index (χ2v) is 6.08. The van der Waals surface area contributed by atoms with Crippen LogP contribution in [0.1, 0.15) is 22.5 Å². The zero-order chi connectivity index (χ0) is 18.9. The van der Waals surface area contributed by atoms with Crippen LogP contribution in [-0.2, 0) is 20.0 Å². The molecule has 0 bridgehead atoms. The molecule has 0 aliphatic heterocycles. The minimum absolute atomic E-state index is 0.494. The number of rotatable bonds is 8. The quantitative estimate of drug-likeness (QED) is 0.434. The molecule has 2 rings (SSSR count). The fourth-order valence-electron chi connectivity index (χ4n) is 2.82. The summed E-state index contributed by atoms with van der Waals surface area (Å²) in [7, 11) is 3.75. The molecule has 0 saturated carbocycles. The Morgan fingerprint density at radius 2 is 2.08 bits per heavy atom. The number of aliphatic imine (C=N–C) groups is 1. The summed E-state index contributed by atoms with van der Waals surface area (Å²) in [6.07, 6.45) is 2.65. The lowest BCUT2D eigenvalue weighted by Crippen LogP contribution is -2.38. The predicted molar refractivity (Wildman–Crippen MR) is 107 cm³/mol. The largest absolute Gasteiger partial charge is 0.489 e. The Kier molecular flexibility index (Phi) is 7.26. The van der Waals surface area contributed by atoms with Gasteiger partial charge in [-0.15, -0.1) is 0 Å². The molecule has 0 spiro atoms. The van der Waals surface area contributed by atoms with Gasteiger partial charge in [0.05, 0.1) is 5.69 Å². The smallest absolute Gasteiger partial charge is 0.191 e. The zero-order valence-electron chi connectivity index (χ0n) is 16.2. The summed E-state index contributed by atoms with van der Waals surface area (Å²) in [5, 5.41) is 11.2. The van der Waals surface area contributed by atoms with Crippen LogP contribution in [-0.4, -0.2) is 35.9 Å². The molecule has 1 aromatic carbocycles. The predicted octanol–water partition coefficient (Wildman–Crippen LogP) is 2.51. The van der Waals surface area contributed by atoms with Crippen molar-refractivity contribution in [1.29, 1.82) is 0 Å². The van der Waals surface area contributed by atoms with Crippen molar-refractivity contribution in [2.75, 3.05) is 20.2 Å². The lowest BCUT2D eigenvalue weighted by Gasteiger charge is -2.14.